The minimum absolute atomic E-state index is 0.0248. The molecule has 0 heterocycles. The van der Waals surface area contributed by atoms with Crippen LogP contribution in [0.1, 0.15) is 12.8 Å². The number of carbonyl (C=O) groups is 2. The second kappa shape index (κ2) is 3.87. The third-order valence-electron chi connectivity index (χ3n) is 1.06. The molecule has 1 radical (unpaired) electrons. The molecular weight excluding hydrogens is 132 g/mol. The van der Waals surface area contributed by atoms with Gasteiger partial charge in [0.05, 0.1) is 0 Å². The van der Waals surface area contributed by atoms with E-state index in [9.17, 15) is 9.59 Å². The molecule has 2 amide bonds. The average Bonchev–Trinajstić information content (AvgIpc) is 1.82. The van der Waals surface area contributed by atoms with Crippen LogP contribution < -0.4 is 5.73 Å². The molecule has 0 aliphatic carbocycles. The summed E-state index contributed by atoms with van der Waals surface area (Å²) >= 11 is 0. The fourth-order valence-electron chi connectivity index (χ4n) is 0.444. The van der Waals surface area contributed by atoms with Crippen molar-refractivity contribution in [3.8, 4) is 0 Å². The predicted molar refractivity (Wildman–Crippen MR) is 36.0 cm³/mol. The monoisotopic (exact) mass is 143 g/mol. The molecule has 4 nitrogen and oxygen atoms in total. The highest BCUT2D eigenvalue weighted by Gasteiger charge is 2.05. The van der Waals surface area contributed by atoms with E-state index in [1.54, 1.807) is 14.1 Å². The Kier molecular flexibility index (Phi) is 3.46. The lowest BCUT2D eigenvalue weighted by atomic mass is 10.3. The number of carbonyl (C=O) groups excluding carboxylic acids is 2. The standard InChI is InChI=1S/C6H11N2O2/c1-8(2)6(10)4-3-5(7)9/h7H,3-4H2,1-2H3. The highest BCUT2D eigenvalue weighted by Crippen LogP contribution is 1.91. The molecule has 10 heavy (non-hydrogen) atoms. The molecule has 0 aromatic heterocycles. The summed E-state index contributed by atoms with van der Waals surface area (Å²) in [5, 5.41) is 0. The van der Waals surface area contributed by atoms with E-state index in [1.165, 1.54) is 4.90 Å². The lowest BCUT2D eigenvalue weighted by molar-refractivity contribution is -0.131. The first-order valence-corrected chi connectivity index (χ1v) is 2.98. The van der Waals surface area contributed by atoms with Crippen molar-refractivity contribution < 1.29 is 9.59 Å². The van der Waals surface area contributed by atoms with Crippen LogP contribution in [0.25, 0.3) is 0 Å². The van der Waals surface area contributed by atoms with E-state index >= 15 is 0 Å². The van der Waals surface area contributed by atoms with Crippen molar-refractivity contribution >= 4 is 11.8 Å². The molecule has 1 N–H and O–H groups in total. The minimum atomic E-state index is -0.685. The van der Waals surface area contributed by atoms with Gasteiger partial charge in [0, 0.05) is 26.9 Å². The quantitative estimate of drug-likeness (QED) is 0.542. The highest BCUT2D eigenvalue weighted by molar-refractivity contribution is 5.82. The molecule has 0 spiro atoms. The minimum Gasteiger partial charge on any atom is -0.349 e. The topological polar surface area (TPSA) is 61.2 Å². The molecule has 4 heteroatoms. The van der Waals surface area contributed by atoms with Crippen LogP contribution in [0.3, 0.4) is 0 Å². The summed E-state index contributed by atoms with van der Waals surface area (Å²) in [5.41, 5.74) is 6.50. The summed E-state index contributed by atoms with van der Waals surface area (Å²) in [6, 6.07) is 0. The molecule has 0 atom stereocenters. The van der Waals surface area contributed by atoms with Crippen LogP contribution in [-0.2, 0) is 9.59 Å². The summed E-state index contributed by atoms with van der Waals surface area (Å²) in [4.78, 5) is 22.2. The van der Waals surface area contributed by atoms with Gasteiger partial charge in [-0.1, -0.05) is 0 Å². The maximum absolute atomic E-state index is 10.7. The van der Waals surface area contributed by atoms with Crippen LogP contribution in [0.2, 0.25) is 0 Å². The van der Waals surface area contributed by atoms with E-state index in [2.05, 4.69) is 0 Å². The van der Waals surface area contributed by atoms with Gasteiger partial charge in [0.25, 0.3) is 0 Å². The average molecular weight is 143 g/mol. The fourth-order valence-corrected chi connectivity index (χ4v) is 0.444. The molecule has 0 bridgehead atoms. The third-order valence-corrected chi connectivity index (χ3v) is 1.06. The highest BCUT2D eigenvalue weighted by atomic mass is 16.2. The van der Waals surface area contributed by atoms with Crippen molar-refractivity contribution in [3.05, 3.63) is 0 Å². The number of rotatable bonds is 3. The van der Waals surface area contributed by atoms with E-state index in [4.69, 9.17) is 5.73 Å². The molecule has 0 rings (SSSR count). The number of nitrogens with zero attached hydrogens (tertiary/aromatic N) is 1. The Morgan fingerprint density at radius 3 is 2.10 bits per heavy atom. The van der Waals surface area contributed by atoms with Crippen molar-refractivity contribution in [3.63, 3.8) is 0 Å². The smallest absolute Gasteiger partial charge is 0.238 e. The molecular formula is C6H11N2O2. The van der Waals surface area contributed by atoms with Gasteiger partial charge in [-0.15, -0.1) is 0 Å². The second-order valence-corrected chi connectivity index (χ2v) is 2.21. The van der Waals surface area contributed by atoms with Crippen molar-refractivity contribution in [1.82, 2.24) is 10.6 Å². The Morgan fingerprint density at radius 2 is 1.80 bits per heavy atom. The van der Waals surface area contributed by atoms with Crippen LogP contribution in [-0.4, -0.2) is 30.8 Å². The van der Waals surface area contributed by atoms with E-state index in [0.29, 0.717) is 0 Å². The molecule has 0 aromatic rings. The lowest BCUT2D eigenvalue weighted by Crippen LogP contribution is -2.22. The summed E-state index contributed by atoms with van der Waals surface area (Å²) in [6.07, 6.45) is 0.173. The molecule has 0 aliphatic heterocycles. The van der Waals surface area contributed by atoms with Crippen molar-refractivity contribution in [1.29, 1.82) is 0 Å². The SMILES string of the molecule is CN(C)C(=O)CCC([NH])=O. The van der Waals surface area contributed by atoms with Gasteiger partial charge in [-0.2, -0.15) is 0 Å². The number of nitrogens with one attached hydrogen (secondary N) is 1. The lowest BCUT2D eigenvalue weighted by Gasteiger charge is -2.07. The van der Waals surface area contributed by atoms with E-state index in [0.717, 1.165) is 0 Å². The van der Waals surface area contributed by atoms with E-state index in [1.807, 2.05) is 0 Å². The van der Waals surface area contributed by atoms with Gasteiger partial charge in [0.2, 0.25) is 11.8 Å². The van der Waals surface area contributed by atoms with E-state index in [-0.39, 0.29) is 18.7 Å². The predicted octanol–water partition coefficient (Wildman–Crippen LogP) is -0.336. The summed E-state index contributed by atoms with van der Waals surface area (Å²) in [7, 11) is 3.24. The zero-order valence-electron chi connectivity index (χ0n) is 6.18. The van der Waals surface area contributed by atoms with Crippen molar-refractivity contribution in [2.24, 2.45) is 0 Å². The first kappa shape index (κ1) is 8.94. The van der Waals surface area contributed by atoms with Gasteiger partial charge < -0.3 is 4.90 Å². The zero-order chi connectivity index (χ0) is 8.15. The van der Waals surface area contributed by atoms with Crippen LogP contribution in [0.5, 0.6) is 0 Å². The first-order valence-electron chi connectivity index (χ1n) is 2.98. The van der Waals surface area contributed by atoms with Gasteiger partial charge in [0.15, 0.2) is 0 Å². The molecule has 0 aliphatic rings. The molecule has 0 saturated carbocycles. The summed E-state index contributed by atoms with van der Waals surface area (Å²) in [5.74, 6) is -0.796. The fraction of sp³-hybridized carbons (Fsp3) is 0.667. The molecule has 57 valence electrons. The second-order valence-electron chi connectivity index (χ2n) is 2.21. The zero-order valence-corrected chi connectivity index (χ0v) is 6.18. The molecule has 0 saturated heterocycles. The van der Waals surface area contributed by atoms with Gasteiger partial charge in [0.1, 0.15) is 0 Å². The van der Waals surface area contributed by atoms with Gasteiger partial charge in [-0.25, -0.2) is 0 Å². The largest absolute Gasteiger partial charge is 0.349 e. The van der Waals surface area contributed by atoms with Crippen molar-refractivity contribution in [2.45, 2.75) is 12.8 Å². The van der Waals surface area contributed by atoms with Crippen LogP contribution in [0.4, 0.5) is 0 Å². The number of amides is 2. The third kappa shape index (κ3) is 3.88. The van der Waals surface area contributed by atoms with Gasteiger partial charge in [-0.3, -0.25) is 15.3 Å². The van der Waals surface area contributed by atoms with Gasteiger partial charge >= 0.3 is 0 Å². The molecule has 0 fully saturated rings. The summed E-state index contributed by atoms with van der Waals surface area (Å²) in [6.45, 7) is 0. The Morgan fingerprint density at radius 1 is 1.30 bits per heavy atom. The van der Waals surface area contributed by atoms with Crippen LogP contribution in [0.15, 0.2) is 0 Å². The Balaban J connectivity index is 3.50. The molecule has 0 unspecified atom stereocenters. The maximum atomic E-state index is 10.7. The number of hydrogen-bond donors (Lipinski definition) is 0. The Bertz CT molecular complexity index is 143. The van der Waals surface area contributed by atoms with E-state index < -0.39 is 5.91 Å². The maximum Gasteiger partial charge on any atom is 0.238 e. The molecule has 0 aromatic carbocycles. The Labute approximate surface area is 60.0 Å². The Hall–Kier alpha value is -1.06. The van der Waals surface area contributed by atoms with Crippen LogP contribution >= 0.6 is 0 Å². The van der Waals surface area contributed by atoms with Gasteiger partial charge in [-0.05, 0) is 0 Å². The summed E-state index contributed by atoms with van der Waals surface area (Å²) < 4.78 is 0. The first-order chi connectivity index (χ1) is 4.54. The van der Waals surface area contributed by atoms with Crippen molar-refractivity contribution in [2.75, 3.05) is 14.1 Å². The normalized spacial score (nSPS) is 9.00. The number of hydrogen-bond acceptors (Lipinski definition) is 2. The van der Waals surface area contributed by atoms with Crippen LogP contribution in [0, 0.1) is 0 Å².